The van der Waals surface area contributed by atoms with Crippen LogP contribution in [0.15, 0.2) is 78.9 Å². The van der Waals surface area contributed by atoms with Crippen molar-refractivity contribution in [3.63, 3.8) is 0 Å². The van der Waals surface area contributed by atoms with Gasteiger partial charge in [-0.3, -0.25) is 4.90 Å². The monoisotopic (exact) mass is 409 g/mol. The van der Waals surface area contributed by atoms with Gasteiger partial charge in [-0.15, -0.1) is 0 Å². The molecule has 0 saturated heterocycles. The van der Waals surface area contributed by atoms with Gasteiger partial charge in [0.15, 0.2) is 0 Å². The van der Waals surface area contributed by atoms with E-state index in [1.165, 1.54) is 12.1 Å². The van der Waals surface area contributed by atoms with Crippen molar-refractivity contribution in [3.8, 4) is 5.75 Å². The summed E-state index contributed by atoms with van der Waals surface area (Å²) in [5.41, 5.74) is 3.04. The van der Waals surface area contributed by atoms with Crippen LogP contribution in [0.25, 0.3) is 0 Å². The average molecular weight is 410 g/mol. The molecule has 3 aromatic carbocycles. The molecule has 5 heteroatoms. The van der Waals surface area contributed by atoms with Gasteiger partial charge in [0.1, 0.15) is 11.6 Å². The Labute approximate surface area is 177 Å². The molecule has 0 aromatic heterocycles. The SMILES string of the molecule is COc1cccc(COCC(O)CN(C)C(c2ccccc2)c2ccc(F)cc2)c1. The number of methoxy groups -OCH3 is 1. The third kappa shape index (κ3) is 6.13. The fourth-order valence-corrected chi connectivity index (χ4v) is 3.55. The number of likely N-dealkylation sites (N-methyl/N-ethyl adjacent to an activating group) is 1. The lowest BCUT2D eigenvalue weighted by molar-refractivity contribution is 0.00974. The van der Waals surface area contributed by atoms with Crippen molar-refractivity contribution in [2.75, 3.05) is 27.3 Å². The van der Waals surface area contributed by atoms with E-state index in [0.29, 0.717) is 13.2 Å². The van der Waals surface area contributed by atoms with Crippen LogP contribution in [0, 0.1) is 5.82 Å². The molecular formula is C25H28FNO3. The molecule has 3 rings (SSSR count). The molecule has 2 unspecified atom stereocenters. The first-order chi connectivity index (χ1) is 14.6. The lowest BCUT2D eigenvalue weighted by Gasteiger charge is -2.30. The van der Waals surface area contributed by atoms with Gasteiger partial charge in [-0.1, -0.05) is 54.6 Å². The molecule has 0 bridgehead atoms. The zero-order valence-corrected chi connectivity index (χ0v) is 17.4. The first-order valence-electron chi connectivity index (χ1n) is 9.96. The first-order valence-corrected chi connectivity index (χ1v) is 9.96. The Morgan fingerprint density at radius 3 is 2.33 bits per heavy atom. The highest BCUT2D eigenvalue weighted by atomic mass is 19.1. The standard InChI is InChI=1S/C25H28FNO3/c1-27(16-23(28)18-30-17-19-7-6-10-24(15-19)29-2)25(20-8-4-3-5-9-20)21-11-13-22(26)14-12-21/h3-15,23,25,28H,16-18H2,1-2H3. The van der Waals surface area contributed by atoms with Crippen LogP contribution in [0.3, 0.4) is 0 Å². The Morgan fingerprint density at radius 2 is 1.63 bits per heavy atom. The second-order valence-corrected chi connectivity index (χ2v) is 7.32. The van der Waals surface area contributed by atoms with Gasteiger partial charge in [-0.25, -0.2) is 4.39 Å². The summed E-state index contributed by atoms with van der Waals surface area (Å²) >= 11 is 0. The zero-order chi connectivity index (χ0) is 21.3. The predicted octanol–water partition coefficient (Wildman–Crippen LogP) is 4.43. The molecule has 0 aliphatic rings. The van der Waals surface area contributed by atoms with E-state index in [0.717, 1.165) is 22.4 Å². The molecule has 0 amide bonds. The van der Waals surface area contributed by atoms with Crippen LogP contribution in [0.5, 0.6) is 5.75 Å². The molecule has 0 aliphatic heterocycles. The number of ether oxygens (including phenoxy) is 2. The molecule has 0 spiro atoms. The summed E-state index contributed by atoms with van der Waals surface area (Å²) in [7, 11) is 3.58. The number of benzene rings is 3. The Bertz CT molecular complexity index is 902. The Hall–Kier alpha value is -2.73. The van der Waals surface area contributed by atoms with Gasteiger partial charge < -0.3 is 14.6 Å². The van der Waals surface area contributed by atoms with Crippen molar-refractivity contribution < 1.29 is 19.0 Å². The molecule has 2 atom stereocenters. The number of hydrogen-bond donors (Lipinski definition) is 1. The molecule has 4 nitrogen and oxygen atoms in total. The van der Waals surface area contributed by atoms with Gasteiger partial charge in [0.25, 0.3) is 0 Å². The highest BCUT2D eigenvalue weighted by molar-refractivity contribution is 5.32. The minimum absolute atomic E-state index is 0.0974. The maximum atomic E-state index is 13.4. The molecule has 3 aromatic rings. The maximum absolute atomic E-state index is 13.4. The van der Waals surface area contributed by atoms with Crippen molar-refractivity contribution in [2.45, 2.75) is 18.8 Å². The lowest BCUT2D eigenvalue weighted by atomic mass is 9.97. The molecule has 0 aliphatic carbocycles. The summed E-state index contributed by atoms with van der Waals surface area (Å²) in [5, 5.41) is 10.5. The van der Waals surface area contributed by atoms with Crippen LogP contribution < -0.4 is 4.74 Å². The number of aliphatic hydroxyl groups excluding tert-OH is 1. The molecule has 0 saturated carbocycles. The predicted molar refractivity (Wildman–Crippen MR) is 116 cm³/mol. The zero-order valence-electron chi connectivity index (χ0n) is 17.4. The number of halogens is 1. The normalized spacial score (nSPS) is 13.2. The minimum atomic E-state index is -0.660. The minimum Gasteiger partial charge on any atom is -0.497 e. The van der Waals surface area contributed by atoms with Crippen molar-refractivity contribution in [1.29, 1.82) is 0 Å². The van der Waals surface area contributed by atoms with E-state index in [2.05, 4.69) is 4.90 Å². The topological polar surface area (TPSA) is 41.9 Å². The van der Waals surface area contributed by atoms with Crippen molar-refractivity contribution in [2.24, 2.45) is 0 Å². The fraction of sp³-hybridized carbons (Fsp3) is 0.280. The van der Waals surface area contributed by atoms with E-state index >= 15 is 0 Å². The highest BCUT2D eigenvalue weighted by Gasteiger charge is 2.21. The highest BCUT2D eigenvalue weighted by Crippen LogP contribution is 2.28. The maximum Gasteiger partial charge on any atom is 0.123 e. The van der Waals surface area contributed by atoms with E-state index < -0.39 is 6.10 Å². The van der Waals surface area contributed by atoms with E-state index in [1.807, 2.05) is 61.6 Å². The summed E-state index contributed by atoms with van der Waals surface area (Å²) in [6.45, 7) is 1.03. The number of hydrogen-bond acceptors (Lipinski definition) is 4. The number of rotatable bonds is 10. The first kappa shape index (κ1) is 22.0. The van der Waals surface area contributed by atoms with Crippen LogP contribution in [0.2, 0.25) is 0 Å². The van der Waals surface area contributed by atoms with Gasteiger partial charge >= 0.3 is 0 Å². The van der Waals surface area contributed by atoms with E-state index in [1.54, 1.807) is 19.2 Å². The molecule has 0 radical (unpaired) electrons. The van der Waals surface area contributed by atoms with Gasteiger partial charge in [0.2, 0.25) is 0 Å². The van der Waals surface area contributed by atoms with Gasteiger partial charge in [0, 0.05) is 6.54 Å². The largest absolute Gasteiger partial charge is 0.497 e. The van der Waals surface area contributed by atoms with Crippen molar-refractivity contribution in [1.82, 2.24) is 4.90 Å². The molecular weight excluding hydrogens is 381 g/mol. The second kappa shape index (κ2) is 10.9. The van der Waals surface area contributed by atoms with Crippen LogP contribution in [-0.4, -0.2) is 43.4 Å². The summed E-state index contributed by atoms with van der Waals surface area (Å²) in [4.78, 5) is 2.06. The molecule has 158 valence electrons. The van der Waals surface area contributed by atoms with E-state index in [4.69, 9.17) is 9.47 Å². The molecule has 0 heterocycles. The van der Waals surface area contributed by atoms with Crippen LogP contribution in [-0.2, 0) is 11.3 Å². The quantitative estimate of drug-likeness (QED) is 0.538. The summed E-state index contributed by atoms with van der Waals surface area (Å²) in [6, 6.07) is 24.1. The smallest absolute Gasteiger partial charge is 0.123 e. The van der Waals surface area contributed by atoms with Crippen molar-refractivity contribution >= 4 is 0 Å². The van der Waals surface area contributed by atoms with E-state index in [-0.39, 0.29) is 18.5 Å². The fourth-order valence-electron chi connectivity index (χ4n) is 3.55. The Kier molecular flexibility index (Phi) is 7.97. The third-order valence-electron chi connectivity index (χ3n) is 4.95. The van der Waals surface area contributed by atoms with Crippen LogP contribution in [0.4, 0.5) is 4.39 Å². The summed E-state index contributed by atoms with van der Waals surface area (Å²) in [5.74, 6) is 0.514. The Balaban J connectivity index is 1.61. The van der Waals surface area contributed by atoms with Gasteiger partial charge in [-0.05, 0) is 48.0 Å². The average Bonchev–Trinajstić information content (AvgIpc) is 2.76. The van der Waals surface area contributed by atoms with Crippen LogP contribution >= 0.6 is 0 Å². The summed E-state index contributed by atoms with van der Waals surface area (Å²) in [6.07, 6.45) is -0.660. The number of aliphatic hydroxyl groups is 1. The molecule has 0 fully saturated rings. The summed E-state index contributed by atoms with van der Waals surface area (Å²) < 4.78 is 24.3. The number of nitrogens with zero attached hydrogens (tertiary/aromatic N) is 1. The molecule has 30 heavy (non-hydrogen) atoms. The third-order valence-corrected chi connectivity index (χ3v) is 4.95. The Morgan fingerprint density at radius 1 is 0.933 bits per heavy atom. The van der Waals surface area contributed by atoms with E-state index in [9.17, 15) is 9.50 Å². The van der Waals surface area contributed by atoms with Crippen molar-refractivity contribution in [3.05, 3.63) is 101 Å². The van der Waals surface area contributed by atoms with Crippen LogP contribution in [0.1, 0.15) is 22.7 Å². The van der Waals surface area contributed by atoms with Gasteiger partial charge in [-0.2, -0.15) is 0 Å². The second-order valence-electron chi connectivity index (χ2n) is 7.32. The molecule has 1 N–H and O–H groups in total. The lowest BCUT2D eigenvalue weighted by Crippen LogP contribution is -2.35. The van der Waals surface area contributed by atoms with Gasteiger partial charge in [0.05, 0.1) is 32.5 Å².